The Morgan fingerprint density at radius 3 is 2.75 bits per heavy atom. The predicted octanol–water partition coefficient (Wildman–Crippen LogP) is 0.339. The van der Waals surface area contributed by atoms with Crippen LogP contribution in [0.2, 0.25) is 0 Å². The zero-order valence-corrected chi connectivity index (χ0v) is 9.39. The van der Waals surface area contributed by atoms with Gasteiger partial charge in [-0.1, -0.05) is 18.2 Å². The lowest BCUT2D eigenvalue weighted by Gasteiger charge is -2.39. The minimum atomic E-state index is -0.251. The third kappa shape index (κ3) is 2.02. The summed E-state index contributed by atoms with van der Waals surface area (Å²) in [5.41, 5.74) is 6.72. The molecule has 86 valence electrons. The van der Waals surface area contributed by atoms with Crippen LogP contribution in [-0.2, 0) is 4.79 Å². The van der Waals surface area contributed by atoms with Crippen LogP contribution in [-0.4, -0.2) is 31.1 Å². The van der Waals surface area contributed by atoms with E-state index in [-0.39, 0.29) is 18.0 Å². The van der Waals surface area contributed by atoms with E-state index in [2.05, 4.69) is 10.2 Å². The van der Waals surface area contributed by atoms with Gasteiger partial charge in [-0.15, -0.1) is 0 Å². The Hall–Kier alpha value is -1.55. The van der Waals surface area contributed by atoms with Gasteiger partial charge in [0.05, 0.1) is 0 Å². The molecule has 2 unspecified atom stereocenters. The number of anilines is 1. The zero-order valence-electron chi connectivity index (χ0n) is 9.39. The summed E-state index contributed by atoms with van der Waals surface area (Å²) in [6.07, 6.45) is 0. The number of benzene rings is 1. The molecule has 1 amide bonds. The second-order valence-corrected chi connectivity index (χ2v) is 4.15. The first kappa shape index (κ1) is 11.0. The van der Waals surface area contributed by atoms with Crippen molar-refractivity contribution in [1.29, 1.82) is 0 Å². The van der Waals surface area contributed by atoms with Crippen molar-refractivity contribution >= 4 is 11.6 Å². The predicted molar refractivity (Wildman–Crippen MR) is 64.2 cm³/mol. The van der Waals surface area contributed by atoms with E-state index in [0.29, 0.717) is 6.54 Å². The summed E-state index contributed by atoms with van der Waals surface area (Å²) in [4.78, 5) is 13.9. The Morgan fingerprint density at radius 1 is 1.44 bits per heavy atom. The van der Waals surface area contributed by atoms with Crippen LogP contribution in [0, 0.1) is 0 Å². The number of hydrogen-bond acceptors (Lipinski definition) is 3. The lowest BCUT2D eigenvalue weighted by Crippen LogP contribution is -2.61. The van der Waals surface area contributed by atoms with Crippen molar-refractivity contribution in [3.05, 3.63) is 30.3 Å². The lowest BCUT2D eigenvalue weighted by molar-refractivity contribution is -0.123. The molecule has 1 aliphatic rings. The molecule has 0 aliphatic carbocycles. The molecule has 0 saturated carbocycles. The van der Waals surface area contributed by atoms with Crippen LogP contribution in [0.5, 0.6) is 0 Å². The van der Waals surface area contributed by atoms with Crippen molar-refractivity contribution in [2.45, 2.75) is 19.0 Å². The van der Waals surface area contributed by atoms with Gasteiger partial charge in [-0.3, -0.25) is 4.79 Å². The first-order chi connectivity index (χ1) is 7.72. The normalized spacial score (nSPS) is 25.4. The molecule has 2 rings (SSSR count). The highest BCUT2D eigenvalue weighted by atomic mass is 16.2. The number of carbonyl (C=O) groups is 1. The Labute approximate surface area is 95.4 Å². The minimum absolute atomic E-state index is 0.0186. The van der Waals surface area contributed by atoms with Gasteiger partial charge in [0.2, 0.25) is 5.91 Å². The van der Waals surface area contributed by atoms with Crippen LogP contribution < -0.4 is 16.0 Å². The number of rotatable bonds is 2. The number of nitrogens with two attached hydrogens (primary N) is 1. The van der Waals surface area contributed by atoms with Crippen LogP contribution >= 0.6 is 0 Å². The fourth-order valence-electron chi connectivity index (χ4n) is 2.09. The van der Waals surface area contributed by atoms with Gasteiger partial charge in [-0.2, -0.15) is 0 Å². The van der Waals surface area contributed by atoms with E-state index >= 15 is 0 Å². The molecule has 0 bridgehead atoms. The second-order valence-electron chi connectivity index (χ2n) is 4.15. The first-order valence-electron chi connectivity index (χ1n) is 5.54. The lowest BCUT2D eigenvalue weighted by atomic mass is 10.1. The van der Waals surface area contributed by atoms with E-state index in [1.165, 1.54) is 0 Å². The molecule has 4 nitrogen and oxygen atoms in total. The van der Waals surface area contributed by atoms with Crippen LogP contribution in [0.1, 0.15) is 6.92 Å². The molecular formula is C12H17N3O. The van der Waals surface area contributed by atoms with Crippen LogP contribution in [0.4, 0.5) is 5.69 Å². The molecule has 1 heterocycles. The summed E-state index contributed by atoms with van der Waals surface area (Å²) >= 11 is 0. The summed E-state index contributed by atoms with van der Waals surface area (Å²) in [7, 11) is 0. The number of carbonyl (C=O) groups excluding carboxylic acids is 1. The van der Waals surface area contributed by atoms with E-state index in [1.54, 1.807) is 0 Å². The highest BCUT2D eigenvalue weighted by molar-refractivity contribution is 5.87. The van der Waals surface area contributed by atoms with Gasteiger partial charge < -0.3 is 16.0 Å². The monoisotopic (exact) mass is 219 g/mol. The van der Waals surface area contributed by atoms with Crippen molar-refractivity contribution < 1.29 is 4.79 Å². The maximum absolute atomic E-state index is 11.8. The van der Waals surface area contributed by atoms with E-state index < -0.39 is 0 Å². The number of nitrogens with one attached hydrogen (secondary N) is 1. The molecule has 1 aromatic carbocycles. The Kier molecular flexibility index (Phi) is 3.10. The summed E-state index contributed by atoms with van der Waals surface area (Å²) in [6, 6.07) is 9.84. The number of hydrogen-bond donors (Lipinski definition) is 2. The third-order valence-corrected chi connectivity index (χ3v) is 2.85. The Balaban J connectivity index is 2.26. The topological polar surface area (TPSA) is 58.4 Å². The maximum Gasteiger partial charge on any atom is 0.244 e. The van der Waals surface area contributed by atoms with Crippen molar-refractivity contribution in [2.24, 2.45) is 5.73 Å². The third-order valence-electron chi connectivity index (χ3n) is 2.85. The average molecular weight is 219 g/mol. The highest BCUT2D eigenvalue weighted by Crippen LogP contribution is 2.19. The molecule has 0 spiro atoms. The van der Waals surface area contributed by atoms with E-state index in [9.17, 15) is 4.79 Å². The molecule has 1 fully saturated rings. The molecule has 16 heavy (non-hydrogen) atoms. The van der Waals surface area contributed by atoms with Gasteiger partial charge in [0.25, 0.3) is 0 Å². The van der Waals surface area contributed by atoms with Crippen LogP contribution in [0.25, 0.3) is 0 Å². The quantitative estimate of drug-likeness (QED) is 0.754. The average Bonchev–Trinajstić information content (AvgIpc) is 2.29. The summed E-state index contributed by atoms with van der Waals surface area (Å²) in [6.45, 7) is 3.14. The van der Waals surface area contributed by atoms with Crippen molar-refractivity contribution in [3.63, 3.8) is 0 Å². The van der Waals surface area contributed by atoms with Gasteiger partial charge in [0.1, 0.15) is 6.04 Å². The second kappa shape index (κ2) is 4.53. The molecule has 0 aromatic heterocycles. The number of para-hydroxylation sites is 1. The van der Waals surface area contributed by atoms with Gasteiger partial charge in [-0.25, -0.2) is 0 Å². The molecule has 1 saturated heterocycles. The van der Waals surface area contributed by atoms with Gasteiger partial charge in [-0.05, 0) is 19.1 Å². The van der Waals surface area contributed by atoms with Gasteiger partial charge in [0.15, 0.2) is 0 Å². The van der Waals surface area contributed by atoms with E-state index in [0.717, 1.165) is 12.2 Å². The van der Waals surface area contributed by atoms with Crippen molar-refractivity contribution in [2.75, 3.05) is 18.0 Å². The number of amides is 1. The smallest absolute Gasteiger partial charge is 0.244 e. The summed E-state index contributed by atoms with van der Waals surface area (Å²) < 4.78 is 0. The van der Waals surface area contributed by atoms with Crippen molar-refractivity contribution in [1.82, 2.24) is 5.32 Å². The molecule has 3 N–H and O–H groups in total. The minimum Gasteiger partial charge on any atom is -0.356 e. The molecule has 4 heteroatoms. The van der Waals surface area contributed by atoms with Crippen molar-refractivity contribution in [3.8, 4) is 0 Å². The molecule has 1 aromatic rings. The Bertz CT molecular complexity index is 366. The first-order valence-corrected chi connectivity index (χ1v) is 5.54. The molecule has 2 atom stereocenters. The maximum atomic E-state index is 11.8. The largest absolute Gasteiger partial charge is 0.356 e. The van der Waals surface area contributed by atoms with E-state index in [1.807, 2.05) is 37.3 Å². The molecule has 0 radical (unpaired) electrons. The SMILES string of the molecule is CC1CN(c2ccccc2)C(CN)C(=O)N1. The molecule has 1 aliphatic heterocycles. The van der Waals surface area contributed by atoms with Crippen LogP contribution in [0.15, 0.2) is 30.3 Å². The highest BCUT2D eigenvalue weighted by Gasteiger charge is 2.31. The zero-order chi connectivity index (χ0) is 11.5. The summed E-state index contributed by atoms with van der Waals surface area (Å²) in [5, 5.41) is 2.92. The fraction of sp³-hybridized carbons (Fsp3) is 0.417. The molecular weight excluding hydrogens is 202 g/mol. The number of nitrogens with zero attached hydrogens (tertiary/aromatic N) is 1. The van der Waals surface area contributed by atoms with Gasteiger partial charge >= 0.3 is 0 Å². The number of piperazine rings is 1. The Morgan fingerprint density at radius 2 is 2.12 bits per heavy atom. The van der Waals surface area contributed by atoms with Gasteiger partial charge in [0, 0.05) is 24.8 Å². The fourth-order valence-corrected chi connectivity index (χ4v) is 2.09. The van der Waals surface area contributed by atoms with E-state index in [4.69, 9.17) is 5.73 Å². The summed E-state index contributed by atoms with van der Waals surface area (Å²) in [5.74, 6) is 0.0186. The standard InChI is InChI=1S/C12H17N3O/c1-9-8-15(10-5-3-2-4-6-10)11(7-13)12(16)14-9/h2-6,9,11H,7-8,13H2,1H3,(H,14,16). The van der Waals surface area contributed by atoms with Crippen LogP contribution in [0.3, 0.4) is 0 Å².